The fourth-order valence-electron chi connectivity index (χ4n) is 9.14. The van der Waals surface area contributed by atoms with Gasteiger partial charge in [0, 0.05) is 19.3 Å². The van der Waals surface area contributed by atoms with E-state index >= 15 is 0 Å². The van der Waals surface area contributed by atoms with Gasteiger partial charge in [0.15, 0.2) is 6.10 Å². The van der Waals surface area contributed by atoms with Gasteiger partial charge in [0.2, 0.25) is 0 Å². The molecule has 6 heteroatoms. The third-order valence-corrected chi connectivity index (χ3v) is 14.1. The summed E-state index contributed by atoms with van der Waals surface area (Å²) >= 11 is 0. The van der Waals surface area contributed by atoms with E-state index in [1.54, 1.807) is 0 Å². The number of hydrogen-bond donors (Lipinski definition) is 0. The largest absolute Gasteiger partial charge is 0.462 e. The Hall–Kier alpha value is -4.45. The van der Waals surface area contributed by atoms with Gasteiger partial charge >= 0.3 is 17.9 Å². The van der Waals surface area contributed by atoms with E-state index in [1.807, 2.05) is 0 Å². The van der Waals surface area contributed by atoms with Gasteiger partial charge in [-0.05, 0) is 135 Å². The van der Waals surface area contributed by atoms with Gasteiger partial charge in [0.05, 0.1) is 0 Å². The van der Waals surface area contributed by atoms with Crippen LogP contribution in [0, 0.1) is 0 Å². The maximum atomic E-state index is 12.9. The molecule has 0 spiro atoms. The van der Waals surface area contributed by atoms with Crippen LogP contribution in [0.4, 0.5) is 0 Å². The van der Waals surface area contributed by atoms with E-state index in [1.165, 1.54) is 128 Å². The maximum Gasteiger partial charge on any atom is 0.306 e. The summed E-state index contributed by atoms with van der Waals surface area (Å²) in [4.78, 5) is 38.3. The van der Waals surface area contributed by atoms with E-state index in [0.29, 0.717) is 19.3 Å². The van der Waals surface area contributed by atoms with Crippen LogP contribution in [0.2, 0.25) is 0 Å². The number of rotatable bonds is 60. The fraction of sp³-hybridized carbons (Fsp3) is 0.667. The lowest BCUT2D eigenvalue weighted by molar-refractivity contribution is -0.167. The summed E-state index contributed by atoms with van der Waals surface area (Å²) in [6.45, 7) is 6.36. The molecule has 1 atom stereocenters. The van der Waals surface area contributed by atoms with Crippen molar-refractivity contribution in [3.63, 3.8) is 0 Å². The second-order valence-electron chi connectivity index (χ2n) is 22.0. The highest BCUT2D eigenvalue weighted by molar-refractivity contribution is 5.71. The highest BCUT2D eigenvalue weighted by Crippen LogP contribution is 2.16. The van der Waals surface area contributed by atoms with Crippen LogP contribution in [-0.2, 0) is 28.6 Å². The molecule has 0 fully saturated rings. The number of ether oxygens (including phenoxy) is 3. The van der Waals surface area contributed by atoms with Crippen molar-refractivity contribution >= 4 is 17.9 Å². The van der Waals surface area contributed by atoms with Crippen molar-refractivity contribution in [3.8, 4) is 0 Å². The van der Waals surface area contributed by atoms with E-state index in [-0.39, 0.29) is 37.5 Å². The number of unbranched alkanes of at least 4 members (excludes halogenated alkanes) is 27. The molecule has 1 unspecified atom stereocenters. The first-order valence-corrected chi connectivity index (χ1v) is 33.7. The van der Waals surface area contributed by atoms with Crippen LogP contribution >= 0.6 is 0 Å². The summed E-state index contributed by atoms with van der Waals surface area (Å²) < 4.78 is 16.9. The number of esters is 3. The van der Waals surface area contributed by atoms with Crippen LogP contribution in [0.15, 0.2) is 134 Å². The summed E-state index contributed by atoms with van der Waals surface area (Å²) in [5, 5.41) is 0. The predicted octanol–water partition coefficient (Wildman–Crippen LogP) is 23.3. The minimum Gasteiger partial charge on any atom is -0.462 e. The maximum absolute atomic E-state index is 12.9. The van der Waals surface area contributed by atoms with E-state index in [4.69, 9.17) is 14.2 Å². The molecule has 0 radical (unpaired) electrons. The monoisotopic (exact) mass is 1120 g/mol. The third-order valence-electron chi connectivity index (χ3n) is 14.1. The van der Waals surface area contributed by atoms with E-state index in [2.05, 4.69) is 154 Å². The van der Waals surface area contributed by atoms with Crippen molar-refractivity contribution < 1.29 is 28.6 Å². The minimum atomic E-state index is -0.813. The van der Waals surface area contributed by atoms with E-state index in [9.17, 15) is 14.4 Å². The van der Waals surface area contributed by atoms with Crippen molar-refractivity contribution in [1.29, 1.82) is 0 Å². The number of carbonyl (C=O) groups excluding carboxylic acids is 3. The second kappa shape index (κ2) is 68.1. The van der Waals surface area contributed by atoms with Crippen molar-refractivity contribution in [3.05, 3.63) is 134 Å². The molecule has 0 bridgehead atoms. The van der Waals surface area contributed by atoms with Gasteiger partial charge in [0.1, 0.15) is 13.2 Å². The molecule has 0 aromatic carbocycles. The molecule has 0 aromatic heterocycles. The zero-order chi connectivity index (χ0) is 58.5. The van der Waals surface area contributed by atoms with Gasteiger partial charge in [-0.15, -0.1) is 0 Å². The Bertz CT molecular complexity index is 1720. The Labute approximate surface area is 500 Å². The molecule has 0 aromatic rings. The van der Waals surface area contributed by atoms with Crippen LogP contribution in [0.5, 0.6) is 0 Å². The number of carbonyl (C=O) groups is 3. The first-order chi connectivity index (χ1) is 40.0. The fourth-order valence-corrected chi connectivity index (χ4v) is 9.14. The summed E-state index contributed by atoms with van der Waals surface area (Å²) in [6.07, 6.45) is 96.2. The van der Waals surface area contributed by atoms with Gasteiger partial charge in [-0.25, -0.2) is 0 Å². The average Bonchev–Trinajstić information content (AvgIpc) is 3.47. The Morgan fingerprint density at radius 3 is 0.778 bits per heavy atom. The number of allylic oxidation sites excluding steroid dienone is 22. The molecule has 0 N–H and O–H groups in total. The molecule has 0 amide bonds. The Balaban J connectivity index is 4.30. The van der Waals surface area contributed by atoms with Gasteiger partial charge in [-0.1, -0.05) is 283 Å². The summed E-state index contributed by atoms with van der Waals surface area (Å²) in [7, 11) is 0. The van der Waals surface area contributed by atoms with Crippen LogP contribution in [0.1, 0.15) is 303 Å². The SMILES string of the molecule is CC/C=C\C/C=C\C/C=C\C/C=C\CCCCCCC(=O)OC(COC(=O)CCCC/C=C\C/C=C\C/C=C\C/C=C\CC)COC(=O)CCCCCCCCCCCCCCCCCC/C=C\C/C=C\C/C=C\CCCCCCC. The summed E-state index contributed by atoms with van der Waals surface area (Å²) in [5.41, 5.74) is 0. The molecule has 0 rings (SSSR count). The molecular formula is C75H124O6. The normalized spacial score (nSPS) is 13.0. The lowest BCUT2D eigenvalue weighted by Gasteiger charge is -2.18. The molecule has 0 saturated carbocycles. The first-order valence-electron chi connectivity index (χ1n) is 33.7. The number of hydrogen-bond acceptors (Lipinski definition) is 6. The lowest BCUT2D eigenvalue weighted by atomic mass is 10.0. The zero-order valence-corrected chi connectivity index (χ0v) is 52.8. The standard InChI is InChI=1S/C75H124O6/c1-4-7-10-13-16-19-22-25-28-30-31-32-33-34-35-36-37-38-39-40-41-42-43-45-47-50-53-56-59-62-65-68-74(77)80-71-72(70-79-73(76)67-64-61-58-55-52-49-46-27-24-21-18-15-12-9-6-3)81-75(78)69-66-63-60-57-54-51-48-44-29-26-23-20-17-14-11-8-5-2/h8-9,11-12,17-18,20-22,25-27,29-31,33-34,46,48,51-52,55,72H,4-7,10,13-16,19,23-24,28,32,35-45,47,49-50,53-54,56-71H2,1-3H3/b11-8-,12-9-,20-17-,21-18-,25-22-,29-26-,31-30-,34-33-,46-27-,51-48-,55-52-. The Kier molecular flexibility index (Phi) is 64.3. The van der Waals surface area contributed by atoms with Crippen LogP contribution in [0.3, 0.4) is 0 Å². The third kappa shape index (κ3) is 66.2. The lowest BCUT2D eigenvalue weighted by Crippen LogP contribution is -2.30. The topological polar surface area (TPSA) is 78.9 Å². The van der Waals surface area contributed by atoms with Crippen LogP contribution in [0.25, 0.3) is 0 Å². The molecule has 460 valence electrons. The molecule has 0 saturated heterocycles. The molecular weight excluding hydrogens is 997 g/mol. The average molecular weight is 1120 g/mol. The smallest absolute Gasteiger partial charge is 0.306 e. The molecule has 0 aliphatic carbocycles. The van der Waals surface area contributed by atoms with Gasteiger partial charge in [0.25, 0.3) is 0 Å². The van der Waals surface area contributed by atoms with Crippen LogP contribution in [-0.4, -0.2) is 37.2 Å². The molecule has 0 heterocycles. The van der Waals surface area contributed by atoms with Gasteiger partial charge in [-0.2, -0.15) is 0 Å². The second-order valence-corrected chi connectivity index (χ2v) is 22.0. The van der Waals surface area contributed by atoms with Crippen molar-refractivity contribution in [2.24, 2.45) is 0 Å². The van der Waals surface area contributed by atoms with Crippen molar-refractivity contribution in [2.45, 2.75) is 309 Å². The quantitative estimate of drug-likeness (QED) is 0.0261. The Morgan fingerprint density at radius 2 is 0.481 bits per heavy atom. The van der Waals surface area contributed by atoms with Crippen molar-refractivity contribution in [2.75, 3.05) is 13.2 Å². The van der Waals surface area contributed by atoms with E-state index < -0.39 is 6.10 Å². The first kappa shape index (κ1) is 76.5. The summed E-state index contributed by atoms with van der Waals surface area (Å²) in [5.74, 6) is -0.967. The van der Waals surface area contributed by atoms with Crippen molar-refractivity contribution in [1.82, 2.24) is 0 Å². The minimum absolute atomic E-state index is 0.104. The molecule has 0 aliphatic heterocycles. The molecule has 81 heavy (non-hydrogen) atoms. The zero-order valence-electron chi connectivity index (χ0n) is 52.8. The van der Waals surface area contributed by atoms with E-state index in [0.717, 1.165) is 128 Å². The van der Waals surface area contributed by atoms with Gasteiger partial charge in [-0.3, -0.25) is 14.4 Å². The predicted molar refractivity (Wildman–Crippen MR) is 353 cm³/mol. The molecule has 6 nitrogen and oxygen atoms in total. The van der Waals surface area contributed by atoms with Crippen LogP contribution < -0.4 is 0 Å². The highest BCUT2D eigenvalue weighted by Gasteiger charge is 2.19. The summed E-state index contributed by atoms with van der Waals surface area (Å²) in [6, 6.07) is 0. The molecule has 0 aliphatic rings. The highest BCUT2D eigenvalue weighted by atomic mass is 16.6. The Morgan fingerprint density at radius 1 is 0.259 bits per heavy atom. The van der Waals surface area contributed by atoms with Gasteiger partial charge < -0.3 is 14.2 Å².